The molecule has 0 bridgehead atoms. The van der Waals surface area contributed by atoms with E-state index in [1.54, 1.807) is 0 Å². The lowest BCUT2D eigenvalue weighted by molar-refractivity contribution is -0.152. The highest BCUT2D eigenvalue weighted by Gasteiger charge is 2.35. The fourth-order valence-electron chi connectivity index (χ4n) is 2.45. The summed E-state index contributed by atoms with van der Waals surface area (Å²) >= 11 is 0. The van der Waals surface area contributed by atoms with E-state index in [0.717, 1.165) is 5.56 Å². The fraction of sp³-hybridized carbons (Fsp3) is 0.588. The van der Waals surface area contributed by atoms with E-state index in [1.165, 1.54) is 5.56 Å². The lowest BCUT2D eigenvalue weighted by Gasteiger charge is -2.41. The quantitative estimate of drug-likeness (QED) is 0.787. The maximum atomic E-state index is 12.5. The number of nitrogens with zero attached hydrogens (tertiary/aromatic N) is 1. The van der Waals surface area contributed by atoms with Crippen molar-refractivity contribution in [3.63, 3.8) is 0 Å². The maximum Gasteiger partial charge on any atom is 0.228 e. The topological polar surface area (TPSA) is 29.5 Å². The highest BCUT2D eigenvalue weighted by atomic mass is 16.5. The molecule has 0 aliphatic carbocycles. The summed E-state index contributed by atoms with van der Waals surface area (Å²) in [5.74, 6) is 0.199. The van der Waals surface area contributed by atoms with Gasteiger partial charge in [-0.2, -0.15) is 0 Å². The summed E-state index contributed by atoms with van der Waals surface area (Å²) in [5.41, 5.74) is 2.04. The molecule has 2 unspecified atom stereocenters. The molecule has 2 atom stereocenters. The summed E-state index contributed by atoms with van der Waals surface area (Å²) in [6.45, 7) is 11.3. The third kappa shape index (κ3) is 3.21. The van der Waals surface area contributed by atoms with E-state index in [4.69, 9.17) is 4.74 Å². The van der Waals surface area contributed by atoms with Crippen molar-refractivity contribution in [2.45, 2.75) is 46.8 Å². The smallest absolute Gasteiger partial charge is 0.228 e. The molecule has 1 aliphatic rings. The molecule has 3 nitrogen and oxygen atoms in total. The molecule has 0 N–H and O–H groups in total. The van der Waals surface area contributed by atoms with Gasteiger partial charge < -0.3 is 9.64 Å². The van der Waals surface area contributed by atoms with E-state index < -0.39 is 0 Å². The van der Waals surface area contributed by atoms with E-state index in [2.05, 4.69) is 38.1 Å². The first kappa shape index (κ1) is 15.0. The minimum atomic E-state index is -0.344. The molecule has 20 heavy (non-hydrogen) atoms. The molecule has 1 fully saturated rings. The minimum Gasteiger partial charge on any atom is -0.370 e. The number of ether oxygens (including phenoxy) is 1. The van der Waals surface area contributed by atoms with Crippen molar-refractivity contribution < 1.29 is 9.53 Å². The van der Waals surface area contributed by atoms with Crippen LogP contribution in [-0.4, -0.2) is 30.0 Å². The van der Waals surface area contributed by atoms with E-state index in [1.807, 2.05) is 25.7 Å². The van der Waals surface area contributed by atoms with Crippen molar-refractivity contribution in [3.05, 3.63) is 35.4 Å². The number of benzene rings is 1. The van der Waals surface area contributed by atoms with Gasteiger partial charge in [-0.3, -0.25) is 4.79 Å². The van der Waals surface area contributed by atoms with Crippen molar-refractivity contribution in [2.75, 3.05) is 13.2 Å². The van der Waals surface area contributed by atoms with E-state index in [9.17, 15) is 4.79 Å². The normalized spacial score (nSPS) is 23.8. The van der Waals surface area contributed by atoms with Crippen LogP contribution in [0.4, 0.5) is 0 Å². The molecule has 1 aliphatic heterocycles. The van der Waals surface area contributed by atoms with E-state index >= 15 is 0 Å². The van der Waals surface area contributed by atoms with Crippen LogP contribution in [0.5, 0.6) is 0 Å². The molecule has 0 spiro atoms. The largest absolute Gasteiger partial charge is 0.370 e. The van der Waals surface area contributed by atoms with Gasteiger partial charge in [-0.1, -0.05) is 50.6 Å². The Labute approximate surface area is 121 Å². The minimum absolute atomic E-state index is 0.0156. The number of carbonyl (C=O) groups excluding carboxylic acids is 1. The summed E-state index contributed by atoms with van der Waals surface area (Å²) in [4.78, 5) is 14.5. The standard InChI is InChI=1S/C17H25NO2/c1-12-6-8-14(9-7-12)15-10-18(13(2)11-20-15)16(19)17(3,4)5/h6-9,13,15H,10-11H2,1-5H3. The average Bonchev–Trinajstić information content (AvgIpc) is 2.38. The highest BCUT2D eigenvalue weighted by Crippen LogP contribution is 2.28. The molecule has 0 saturated carbocycles. The van der Waals surface area contributed by atoms with E-state index in [-0.39, 0.29) is 23.5 Å². The van der Waals surface area contributed by atoms with Crippen LogP contribution in [0, 0.1) is 12.3 Å². The Morgan fingerprint density at radius 3 is 2.40 bits per heavy atom. The van der Waals surface area contributed by atoms with Gasteiger partial charge >= 0.3 is 0 Å². The van der Waals surface area contributed by atoms with Crippen molar-refractivity contribution in [2.24, 2.45) is 5.41 Å². The third-order valence-corrected chi connectivity index (χ3v) is 3.78. The Balaban J connectivity index is 2.16. The number of amides is 1. The Hall–Kier alpha value is -1.35. The summed E-state index contributed by atoms with van der Waals surface area (Å²) in [6, 6.07) is 8.51. The summed E-state index contributed by atoms with van der Waals surface area (Å²) in [5, 5.41) is 0. The monoisotopic (exact) mass is 275 g/mol. The predicted molar refractivity (Wildman–Crippen MR) is 80.5 cm³/mol. The van der Waals surface area contributed by atoms with Crippen molar-refractivity contribution in [1.29, 1.82) is 0 Å². The van der Waals surface area contributed by atoms with Gasteiger partial charge in [-0.25, -0.2) is 0 Å². The van der Waals surface area contributed by atoms with Gasteiger partial charge in [0, 0.05) is 5.41 Å². The molecule has 110 valence electrons. The number of hydrogen-bond acceptors (Lipinski definition) is 2. The zero-order chi connectivity index (χ0) is 14.9. The van der Waals surface area contributed by atoms with Gasteiger partial charge in [0.25, 0.3) is 0 Å². The average molecular weight is 275 g/mol. The second-order valence-electron chi connectivity index (χ2n) is 6.79. The van der Waals surface area contributed by atoms with Crippen LogP contribution in [-0.2, 0) is 9.53 Å². The second-order valence-corrected chi connectivity index (χ2v) is 6.79. The first-order valence-corrected chi connectivity index (χ1v) is 7.28. The molecule has 1 amide bonds. The van der Waals surface area contributed by atoms with Gasteiger partial charge in [-0.15, -0.1) is 0 Å². The molecule has 1 aromatic carbocycles. The van der Waals surface area contributed by atoms with Crippen LogP contribution >= 0.6 is 0 Å². The Morgan fingerprint density at radius 2 is 1.85 bits per heavy atom. The summed E-state index contributed by atoms with van der Waals surface area (Å²) in [7, 11) is 0. The van der Waals surface area contributed by atoms with Gasteiger partial charge in [0.2, 0.25) is 5.91 Å². The predicted octanol–water partition coefficient (Wildman–Crippen LogP) is 3.33. The zero-order valence-corrected chi connectivity index (χ0v) is 13.1. The number of hydrogen-bond donors (Lipinski definition) is 0. The van der Waals surface area contributed by atoms with Crippen LogP contribution < -0.4 is 0 Å². The van der Waals surface area contributed by atoms with Crippen LogP contribution in [0.3, 0.4) is 0 Å². The van der Waals surface area contributed by atoms with Crippen LogP contribution in [0.2, 0.25) is 0 Å². The first-order chi connectivity index (χ1) is 9.29. The Kier molecular flexibility index (Phi) is 4.19. The Morgan fingerprint density at radius 1 is 1.25 bits per heavy atom. The number of aryl methyl sites for hydroxylation is 1. The Bertz CT molecular complexity index is 473. The first-order valence-electron chi connectivity index (χ1n) is 7.28. The fourth-order valence-corrected chi connectivity index (χ4v) is 2.45. The molecule has 1 heterocycles. The molecule has 2 rings (SSSR count). The van der Waals surface area contributed by atoms with Crippen molar-refractivity contribution in [1.82, 2.24) is 4.90 Å². The van der Waals surface area contributed by atoms with Gasteiger partial charge in [0.1, 0.15) is 6.10 Å². The van der Waals surface area contributed by atoms with Gasteiger partial charge in [-0.05, 0) is 19.4 Å². The van der Waals surface area contributed by atoms with E-state index in [0.29, 0.717) is 13.2 Å². The van der Waals surface area contributed by atoms with Gasteiger partial charge in [0.05, 0.1) is 19.2 Å². The third-order valence-electron chi connectivity index (χ3n) is 3.78. The zero-order valence-electron chi connectivity index (χ0n) is 13.1. The van der Waals surface area contributed by atoms with Crippen molar-refractivity contribution in [3.8, 4) is 0 Å². The number of morpholine rings is 1. The summed E-state index contributed by atoms with van der Waals surface area (Å²) < 4.78 is 5.92. The highest BCUT2D eigenvalue weighted by molar-refractivity contribution is 5.82. The van der Waals surface area contributed by atoms with Crippen LogP contribution in [0.25, 0.3) is 0 Å². The second kappa shape index (κ2) is 5.57. The SMILES string of the molecule is Cc1ccc(C2CN(C(=O)C(C)(C)C)C(C)CO2)cc1. The number of rotatable bonds is 1. The lowest BCUT2D eigenvalue weighted by atomic mass is 9.93. The molecule has 0 radical (unpaired) electrons. The molecule has 1 aromatic rings. The van der Waals surface area contributed by atoms with Gasteiger partial charge in [0.15, 0.2) is 0 Å². The van der Waals surface area contributed by atoms with Crippen molar-refractivity contribution >= 4 is 5.91 Å². The lowest BCUT2D eigenvalue weighted by Crippen LogP contribution is -2.51. The van der Waals surface area contributed by atoms with Crippen LogP contribution in [0.15, 0.2) is 24.3 Å². The summed E-state index contributed by atoms with van der Waals surface area (Å²) in [6.07, 6.45) is -0.0156. The van der Waals surface area contributed by atoms with Crippen LogP contribution in [0.1, 0.15) is 44.9 Å². The molecule has 1 saturated heterocycles. The molecular weight excluding hydrogens is 250 g/mol. The maximum absolute atomic E-state index is 12.5. The number of carbonyl (C=O) groups is 1. The molecule has 0 aromatic heterocycles. The molecule has 3 heteroatoms. The molecular formula is C17H25NO2.